The van der Waals surface area contributed by atoms with Gasteiger partial charge in [0, 0.05) is 16.5 Å². The first kappa shape index (κ1) is 17.2. The normalized spacial score (nSPS) is 11.5. The van der Waals surface area contributed by atoms with Gasteiger partial charge < -0.3 is 5.32 Å². The molecule has 128 valence electrons. The van der Waals surface area contributed by atoms with Gasteiger partial charge >= 0.3 is 6.18 Å². The Bertz CT molecular complexity index is 910. The summed E-state index contributed by atoms with van der Waals surface area (Å²) in [6, 6.07) is 12.0. The Morgan fingerprint density at radius 2 is 1.92 bits per heavy atom. The molecule has 4 nitrogen and oxygen atoms in total. The topological polar surface area (TPSA) is 54.9 Å². The smallest absolute Gasteiger partial charge is 0.325 e. The van der Waals surface area contributed by atoms with Crippen molar-refractivity contribution < 1.29 is 18.0 Å². The third-order valence-corrected chi connectivity index (χ3v) is 4.33. The number of nitrogens with one attached hydrogen (secondary N) is 1. The second-order valence-electron chi connectivity index (χ2n) is 5.15. The highest BCUT2D eigenvalue weighted by Gasteiger charge is 2.30. The molecule has 0 atom stereocenters. The zero-order valence-corrected chi connectivity index (χ0v) is 13.6. The van der Waals surface area contributed by atoms with Crippen LogP contribution >= 0.6 is 11.8 Å². The highest BCUT2D eigenvalue weighted by Crippen LogP contribution is 2.31. The fraction of sp³-hybridized carbons (Fsp3) is 0.118. The maximum atomic E-state index is 12.7. The number of fused-ring (bicyclic) bond motifs is 1. The zero-order chi connectivity index (χ0) is 17.9. The molecule has 0 aliphatic carbocycles. The predicted octanol–water partition coefficient (Wildman–Crippen LogP) is 4.38. The Hall–Kier alpha value is -2.61. The number of carbonyl (C=O) groups is 1. The minimum atomic E-state index is -4.45. The quantitative estimate of drug-likeness (QED) is 0.699. The molecule has 2 aromatic carbocycles. The van der Waals surface area contributed by atoms with Gasteiger partial charge in [0.05, 0.1) is 17.5 Å². The summed E-state index contributed by atoms with van der Waals surface area (Å²) in [7, 11) is 0. The van der Waals surface area contributed by atoms with Crippen LogP contribution < -0.4 is 5.32 Å². The van der Waals surface area contributed by atoms with Gasteiger partial charge in [-0.05, 0) is 18.2 Å². The molecular formula is C17H12F3N3OS. The molecule has 1 N–H and O–H groups in total. The van der Waals surface area contributed by atoms with E-state index in [1.807, 2.05) is 24.3 Å². The van der Waals surface area contributed by atoms with Crippen LogP contribution in [0.3, 0.4) is 0 Å². The summed E-state index contributed by atoms with van der Waals surface area (Å²) in [5.41, 5.74) is -0.706. The lowest BCUT2D eigenvalue weighted by Crippen LogP contribution is -2.15. The fourth-order valence-corrected chi connectivity index (χ4v) is 3.00. The molecule has 25 heavy (non-hydrogen) atoms. The van der Waals surface area contributed by atoms with Crippen LogP contribution in [0, 0.1) is 0 Å². The maximum Gasteiger partial charge on any atom is 0.416 e. The van der Waals surface area contributed by atoms with Crippen LogP contribution in [0.4, 0.5) is 18.9 Å². The van der Waals surface area contributed by atoms with Crippen molar-refractivity contribution in [3.63, 3.8) is 0 Å². The van der Waals surface area contributed by atoms with E-state index >= 15 is 0 Å². The van der Waals surface area contributed by atoms with E-state index in [0.717, 1.165) is 22.9 Å². The Morgan fingerprint density at radius 1 is 1.12 bits per heavy atom. The van der Waals surface area contributed by atoms with Crippen molar-refractivity contribution in [2.45, 2.75) is 11.2 Å². The molecule has 3 rings (SSSR count). The number of amides is 1. The van der Waals surface area contributed by atoms with Gasteiger partial charge in [-0.15, -0.1) is 5.10 Å². The Kier molecular flexibility index (Phi) is 4.89. The summed E-state index contributed by atoms with van der Waals surface area (Å²) in [4.78, 5) is 12.0. The Morgan fingerprint density at radius 3 is 2.72 bits per heavy atom. The van der Waals surface area contributed by atoms with Crippen molar-refractivity contribution in [2.75, 3.05) is 11.1 Å². The van der Waals surface area contributed by atoms with Crippen LogP contribution in [0.5, 0.6) is 0 Å². The number of hydrogen-bond acceptors (Lipinski definition) is 4. The lowest BCUT2D eigenvalue weighted by atomic mass is 10.2. The van der Waals surface area contributed by atoms with Gasteiger partial charge in [-0.3, -0.25) is 4.79 Å². The summed E-state index contributed by atoms with van der Waals surface area (Å²) in [6.45, 7) is 0. The predicted molar refractivity (Wildman–Crippen MR) is 90.3 cm³/mol. The van der Waals surface area contributed by atoms with Gasteiger partial charge in [0.2, 0.25) is 5.91 Å². The van der Waals surface area contributed by atoms with Gasteiger partial charge in [-0.2, -0.15) is 18.3 Å². The molecule has 0 aliphatic heterocycles. The van der Waals surface area contributed by atoms with Crippen molar-refractivity contribution in [1.29, 1.82) is 0 Å². The van der Waals surface area contributed by atoms with E-state index in [9.17, 15) is 18.0 Å². The van der Waals surface area contributed by atoms with Crippen LogP contribution in [0.1, 0.15) is 5.56 Å². The lowest BCUT2D eigenvalue weighted by Gasteiger charge is -2.10. The lowest BCUT2D eigenvalue weighted by molar-refractivity contribution is -0.137. The number of carbonyl (C=O) groups excluding carboxylic acids is 1. The highest BCUT2D eigenvalue weighted by molar-refractivity contribution is 8.00. The molecule has 0 saturated heterocycles. The third kappa shape index (κ3) is 4.27. The number of aromatic nitrogens is 2. The molecule has 0 unspecified atom stereocenters. The van der Waals surface area contributed by atoms with Crippen molar-refractivity contribution in [3.05, 3.63) is 60.3 Å². The maximum absolute atomic E-state index is 12.7. The molecule has 3 aromatic rings. The molecule has 1 aromatic heterocycles. The van der Waals surface area contributed by atoms with Crippen molar-refractivity contribution in [3.8, 4) is 0 Å². The van der Waals surface area contributed by atoms with Crippen molar-refractivity contribution in [2.24, 2.45) is 0 Å². The van der Waals surface area contributed by atoms with Crippen LogP contribution in [0.15, 0.2) is 59.8 Å². The number of thioether (sulfide) groups is 1. The third-order valence-electron chi connectivity index (χ3n) is 3.35. The first-order chi connectivity index (χ1) is 11.9. The van der Waals surface area contributed by atoms with E-state index in [1.54, 1.807) is 6.20 Å². The Labute approximate surface area is 145 Å². The molecule has 8 heteroatoms. The second kappa shape index (κ2) is 7.10. The van der Waals surface area contributed by atoms with Crippen LogP contribution in [0.25, 0.3) is 10.8 Å². The molecule has 1 amide bonds. The van der Waals surface area contributed by atoms with Gasteiger partial charge in [0.1, 0.15) is 5.03 Å². The van der Waals surface area contributed by atoms with Gasteiger partial charge in [-0.1, -0.05) is 42.1 Å². The molecule has 0 saturated carbocycles. The number of benzene rings is 2. The SMILES string of the molecule is O=C(CSc1nncc2ccccc12)Nc1cccc(C(F)(F)F)c1. The van der Waals surface area contributed by atoms with Gasteiger partial charge in [-0.25, -0.2) is 0 Å². The molecule has 0 fully saturated rings. The van der Waals surface area contributed by atoms with Gasteiger partial charge in [0.25, 0.3) is 0 Å². The summed E-state index contributed by atoms with van der Waals surface area (Å²) in [6.07, 6.45) is -2.82. The molecule has 0 spiro atoms. The van der Waals surface area contributed by atoms with Crippen LogP contribution in [-0.4, -0.2) is 21.9 Å². The van der Waals surface area contributed by atoms with Crippen LogP contribution in [0.2, 0.25) is 0 Å². The number of halogens is 3. The second-order valence-corrected chi connectivity index (χ2v) is 6.12. The summed E-state index contributed by atoms with van der Waals surface area (Å²) >= 11 is 1.18. The largest absolute Gasteiger partial charge is 0.416 e. The molecule has 0 radical (unpaired) electrons. The highest BCUT2D eigenvalue weighted by atomic mass is 32.2. The van der Waals surface area contributed by atoms with Crippen LogP contribution in [-0.2, 0) is 11.0 Å². The van der Waals surface area contributed by atoms with E-state index in [2.05, 4.69) is 15.5 Å². The van der Waals surface area contributed by atoms with E-state index < -0.39 is 17.6 Å². The molecule has 0 bridgehead atoms. The Balaban J connectivity index is 1.67. The average molecular weight is 363 g/mol. The average Bonchev–Trinajstić information content (AvgIpc) is 2.59. The first-order valence-electron chi connectivity index (χ1n) is 7.24. The number of rotatable bonds is 4. The fourth-order valence-electron chi connectivity index (χ4n) is 2.21. The summed E-state index contributed by atoms with van der Waals surface area (Å²) < 4.78 is 38.1. The van der Waals surface area contributed by atoms with Crippen molar-refractivity contribution >= 4 is 34.1 Å². The van der Waals surface area contributed by atoms with E-state index in [-0.39, 0.29) is 11.4 Å². The van der Waals surface area contributed by atoms with E-state index in [0.29, 0.717) is 5.03 Å². The summed E-state index contributed by atoms with van der Waals surface area (Å²) in [5.74, 6) is -0.405. The summed E-state index contributed by atoms with van der Waals surface area (Å²) in [5, 5.41) is 12.7. The minimum Gasteiger partial charge on any atom is -0.325 e. The minimum absolute atomic E-state index is 0.0128. The molecular weight excluding hydrogens is 351 g/mol. The standard InChI is InChI=1S/C17H12F3N3OS/c18-17(19,20)12-5-3-6-13(8-12)22-15(24)10-25-16-14-7-2-1-4-11(14)9-21-23-16/h1-9H,10H2,(H,22,24). The first-order valence-corrected chi connectivity index (χ1v) is 8.22. The number of alkyl halides is 3. The van der Waals surface area contributed by atoms with E-state index in [1.165, 1.54) is 23.9 Å². The monoisotopic (exact) mass is 363 g/mol. The van der Waals surface area contributed by atoms with Crippen molar-refractivity contribution in [1.82, 2.24) is 10.2 Å². The number of hydrogen-bond donors (Lipinski definition) is 1. The zero-order valence-electron chi connectivity index (χ0n) is 12.7. The van der Waals surface area contributed by atoms with Gasteiger partial charge in [0.15, 0.2) is 0 Å². The number of nitrogens with zero attached hydrogens (tertiary/aromatic N) is 2. The molecule has 0 aliphatic rings. The van der Waals surface area contributed by atoms with E-state index in [4.69, 9.17) is 0 Å². The number of anilines is 1. The molecule has 1 heterocycles.